The number of hydrogen-bond acceptors (Lipinski definition) is 4. The lowest BCUT2D eigenvalue weighted by Gasteiger charge is -2.13. The number of aliphatic hydroxyl groups is 1. The Labute approximate surface area is 78.4 Å². The summed E-state index contributed by atoms with van der Waals surface area (Å²) in [6, 6.07) is 0. The van der Waals surface area contributed by atoms with Gasteiger partial charge in [0.25, 0.3) is 0 Å². The zero-order valence-corrected chi connectivity index (χ0v) is 8.46. The Kier molecular flexibility index (Phi) is 3.66. The number of nitrogens with zero attached hydrogens (tertiary/aromatic N) is 1. The summed E-state index contributed by atoms with van der Waals surface area (Å²) in [4.78, 5) is 0. The Hall–Kier alpha value is -0.170. The van der Waals surface area contributed by atoms with E-state index in [1.165, 1.54) is 10.6 Å². The van der Waals surface area contributed by atoms with Crippen LogP contribution in [-0.4, -0.2) is 56.5 Å². The molecule has 1 unspecified atom stereocenters. The molecule has 13 heavy (non-hydrogen) atoms. The molecule has 6 heteroatoms. The van der Waals surface area contributed by atoms with Gasteiger partial charge in [-0.1, -0.05) is 0 Å². The van der Waals surface area contributed by atoms with Gasteiger partial charge in [0, 0.05) is 13.1 Å². The molecule has 0 bridgehead atoms. The van der Waals surface area contributed by atoms with E-state index in [9.17, 15) is 8.42 Å². The first-order valence-electron chi connectivity index (χ1n) is 4.21. The monoisotopic (exact) mass is 209 g/mol. The van der Waals surface area contributed by atoms with E-state index < -0.39 is 10.0 Å². The molecule has 78 valence electrons. The molecule has 1 rings (SSSR count). The van der Waals surface area contributed by atoms with Crippen LogP contribution in [0.4, 0.5) is 0 Å². The Morgan fingerprint density at radius 3 is 2.77 bits per heavy atom. The summed E-state index contributed by atoms with van der Waals surface area (Å²) in [6.45, 7) is 1.20. The summed E-state index contributed by atoms with van der Waals surface area (Å²) < 4.78 is 28.8. The number of sulfonamides is 1. The summed E-state index contributed by atoms with van der Waals surface area (Å²) >= 11 is 0. The van der Waals surface area contributed by atoms with Crippen LogP contribution >= 0.6 is 0 Å². The molecule has 1 fully saturated rings. The van der Waals surface area contributed by atoms with Gasteiger partial charge >= 0.3 is 0 Å². The summed E-state index contributed by atoms with van der Waals surface area (Å²) in [5.74, 6) is 0. The van der Waals surface area contributed by atoms with E-state index in [1.807, 2.05) is 0 Å². The second-order valence-electron chi connectivity index (χ2n) is 3.13. The van der Waals surface area contributed by atoms with E-state index in [-0.39, 0.29) is 19.3 Å². The van der Waals surface area contributed by atoms with E-state index >= 15 is 0 Å². The van der Waals surface area contributed by atoms with Crippen LogP contribution in [-0.2, 0) is 14.8 Å². The summed E-state index contributed by atoms with van der Waals surface area (Å²) in [5.41, 5.74) is 0. The minimum atomic E-state index is -3.07. The van der Waals surface area contributed by atoms with Gasteiger partial charge in [-0.3, -0.25) is 0 Å². The Bertz CT molecular complexity index is 251. The van der Waals surface area contributed by atoms with E-state index in [1.54, 1.807) is 0 Å². The number of rotatable bonds is 4. The van der Waals surface area contributed by atoms with Crippen LogP contribution in [0.2, 0.25) is 0 Å². The predicted octanol–water partition coefficient (Wildman–Crippen LogP) is -0.971. The van der Waals surface area contributed by atoms with Crippen molar-refractivity contribution in [3.8, 4) is 0 Å². The maximum atomic E-state index is 11.1. The first-order valence-corrected chi connectivity index (χ1v) is 6.06. The van der Waals surface area contributed by atoms with Crippen molar-refractivity contribution in [1.82, 2.24) is 4.31 Å². The molecule has 0 spiro atoms. The van der Waals surface area contributed by atoms with Crippen molar-refractivity contribution < 1.29 is 18.3 Å². The largest absolute Gasteiger partial charge is 0.394 e. The molecule has 1 saturated heterocycles. The van der Waals surface area contributed by atoms with E-state index in [0.717, 1.165) is 0 Å². The highest BCUT2D eigenvalue weighted by Crippen LogP contribution is 2.14. The quantitative estimate of drug-likeness (QED) is 0.647. The molecular formula is C7H15NO4S. The predicted molar refractivity (Wildman–Crippen MR) is 47.9 cm³/mol. The zero-order valence-electron chi connectivity index (χ0n) is 7.64. The van der Waals surface area contributed by atoms with Crippen LogP contribution in [0.25, 0.3) is 0 Å². The molecule has 0 radical (unpaired) electrons. The number of aliphatic hydroxyl groups excluding tert-OH is 1. The highest BCUT2D eigenvalue weighted by Gasteiger charge is 2.28. The summed E-state index contributed by atoms with van der Waals surface area (Å²) in [5, 5.41) is 8.50. The number of ether oxygens (including phenoxy) is 1. The van der Waals surface area contributed by atoms with Crippen LogP contribution in [0, 0.1) is 0 Å². The lowest BCUT2D eigenvalue weighted by atomic mass is 10.3. The fourth-order valence-electron chi connectivity index (χ4n) is 1.35. The van der Waals surface area contributed by atoms with E-state index in [2.05, 4.69) is 0 Å². The molecule has 0 aromatic rings. The lowest BCUT2D eigenvalue weighted by Crippen LogP contribution is -2.29. The summed E-state index contributed by atoms with van der Waals surface area (Å²) in [7, 11) is -3.07. The standard InChI is InChI=1S/C7H15NO4S/c1-13(10,11)8-3-2-7(6-8)12-5-4-9/h7,9H,2-6H2,1H3. The van der Waals surface area contributed by atoms with Crippen molar-refractivity contribution in [2.24, 2.45) is 0 Å². The van der Waals surface area contributed by atoms with Gasteiger partial charge in [0.15, 0.2) is 0 Å². The highest BCUT2D eigenvalue weighted by atomic mass is 32.2. The van der Waals surface area contributed by atoms with Crippen LogP contribution in [0.3, 0.4) is 0 Å². The summed E-state index contributed by atoms with van der Waals surface area (Å²) in [6.07, 6.45) is 1.86. The molecule has 1 atom stereocenters. The maximum Gasteiger partial charge on any atom is 0.211 e. The minimum absolute atomic E-state index is 0.0185. The number of hydrogen-bond donors (Lipinski definition) is 1. The Morgan fingerprint density at radius 1 is 1.62 bits per heavy atom. The third kappa shape index (κ3) is 3.22. The maximum absolute atomic E-state index is 11.1. The molecule has 1 aliphatic rings. The van der Waals surface area contributed by atoms with Gasteiger partial charge in [-0.05, 0) is 6.42 Å². The molecule has 0 aliphatic carbocycles. The van der Waals surface area contributed by atoms with Gasteiger partial charge in [-0.25, -0.2) is 8.42 Å². The van der Waals surface area contributed by atoms with Gasteiger partial charge in [0.2, 0.25) is 10.0 Å². The van der Waals surface area contributed by atoms with Gasteiger partial charge in [-0.15, -0.1) is 0 Å². The van der Waals surface area contributed by atoms with Crippen LogP contribution in [0.1, 0.15) is 6.42 Å². The molecule has 0 aromatic heterocycles. The Balaban J connectivity index is 2.37. The Morgan fingerprint density at radius 2 is 2.31 bits per heavy atom. The van der Waals surface area contributed by atoms with Gasteiger partial charge in [0.1, 0.15) is 0 Å². The van der Waals surface area contributed by atoms with Crippen molar-refractivity contribution in [3.05, 3.63) is 0 Å². The molecule has 0 saturated carbocycles. The molecule has 0 amide bonds. The lowest BCUT2D eigenvalue weighted by molar-refractivity contribution is 0.0375. The van der Waals surface area contributed by atoms with Gasteiger partial charge < -0.3 is 9.84 Å². The minimum Gasteiger partial charge on any atom is -0.394 e. The first kappa shape index (κ1) is 10.9. The molecule has 1 N–H and O–H groups in total. The van der Waals surface area contributed by atoms with Crippen LogP contribution in [0.15, 0.2) is 0 Å². The third-order valence-electron chi connectivity index (χ3n) is 2.02. The topological polar surface area (TPSA) is 66.8 Å². The average molecular weight is 209 g/mol. The molecule has 0 aromatic carbocycles. The molecular weight excluding hydrogens is 194 g/mol. The van der Waals surface area contributed by atoms with Crippen molar-refractivity contribution in [3.63, 3.8) is 0 Å². The van der Waals surface area contributed by atoms with Crippen molar-refractivity contribution in [2.75, 3.05) is 32.6 Å². The van der Waals surface area contributed by atoms with Crippen molar-refractivity contribution in [2.45, 2.75) is 12.5 Å². The fraction of sp³-hybridized carbons (Fsp3) is 1.00. The van der Waals surface area contributed by atoms with Gasteiger partial charge in [-0.2, -0.15) is 4.31 Å². The SMILES string of the molecule is CS(=O)(=O)N1CCC(OCCO)C1. The fourth-order valence-corrected chi connectivity index (χ4v) is 2.23. The second-order valence-corrected chi connectivity index (χ2v) is 5.11. The zero-order chi connectivity index (χ0) is 9.90. The van der Waals surface area contributed by atoms with Crippen LogP contribution < -0.4 is 0 Å². The molecule has 5 nitrogen and oxygen atoms in total. The second kappa shape index (κ2) is 4.36. The normalized spacial score (nSPS) is 25.2. The first-order chi connectivity index (χ1) is 6.04. The van der Waals surface area contributed by atoms with Crippen molar-refractivity contribution in [1.29, 1.82) is 0 Å². The van der Waals surface area contributed by atoms with Crippen LogP contribution in [0.5, 0.6) is 0 Å². The molecule has 1 aliphatic heterocycles. The smallest absolute Gasteiger partial charge is 0.211 e. The highest BCUT2D eigenvalue weighted by molar-refractivity contribution is 7.88. The van der Waals surface area contributed by atoms with Crippen molar-refractivity contribution >= 4 is 10.0 Å². The van der Waals surface area contributed by atoms with E-state index in [4.69, 9.17) is 9.84 Å². The van der Waals surface area contributed by atoms with E-state index in [0.29, 0.717) is 19.5 Å². The van der Waals surface area contributed by atoms with Gasteiger partial charge in [0.05, 0.1) is 25.6 Å². The average Bonchev–Trinajstić information content (AvgIpc) is 2.47. The third-order valence-corrected chi connectivity index (χ3v) is 3.29. The molecule has 1 heterocycles.